The first-order chi connectivity index (χ1) is 15.0. The second kappa shape index (κ2) is 8.35. The maximum atomic E-state index is 13.2. The molecule has 1 amide bonds. The number of para-hydroxylation sites is 1. The molecular formula is C23H22N4O4. The van der Waals surface area contributed by atoms with Crippen molar-refractivity contribution in [3.8, 4) is 28.4 Å². The molecule has 0 atom stereocenters. The van der Waals surface area contributed by atoms with E-state index >= 15 is 0 Å². The summed E-state index contributed by atoms with van der Waals surface area (Å²) >= 11 is 0. The predicted octanol–water partition coefficient (Wildman–Crippen LogP) is 3.43. The molecule has 4 rings (SSSR count). The summed E-state index contributed by atoms with van der Waals surface area (Å²) in [5, 5.41) is 7.33. The van der Waals surface area contributed by atoms with Crippen molar-refractivity contribution in [3.63, 3.8) is 0 Å². The molecule has 0 bridgehead atoms. The van der Waals surface area contributed by atoms with E-state index in [0.29, 0.717) is 46.2 Å². The predicted molar refractivity (Wildman–Crippen MR) is 118 cm³/mol. The van der Waals surface area contributed by atoms with E-state index in [2.05, 4.69) is 10.4 Å². The van der Waals surface area contributed by atoms with Crippen LogP contribution < -0.4 is 20.3 Å². The minimum absolute atomic E-state index is 0.278. The van der Waals surface area contributed by atoms with Crippen LogP contribution in [0.2, 0.25) is 0 Å². The first kappa shape index (κ1) is 20.2. The Morgan fingerprint density at radius 1 is 1.06 bits per heavy atom. The lowest BCUT2D eigenvalue weighted by Crippen LogP contribution is -2.17. The van der Waals surface area contributed by atoms with Gasteiger partial charge in [0, 0.05) is 25.0 Å². The zero-order chi connectivity index (χ0) is 22.0. The number of benzene rings is 2. The molecule has 2 aromatic rings. The Morgan fingerprint density at radius 3 is 2.52 bits per heavy atom. The van der Waals surface area contributed by atoms with E-state index < -0.39 is 5.91 Å². The number of carbonyl (C=O) groups excluding carboxylic acids is 1. The topological polar surface area (TPSA) is 87.4 Å². The molecule has 0 saturated heterocycles. The Balaban J connectivity index is 1.80. The number of hydrogen-bond acceptors (Lipinski definition) is 5. The van der Waals surface area contributed by atoms with E-state index in [9.17, 15) is 9.59 Å². The fourth-order valence-electron chi connectivity index (χ4n) is 3.34. The van der Waals surface area contributed by atoms with Crippen molar-refractivity contribution in [2.75, 3.05) is 19.5 Å². The van der Waals surface area contributed by atoms with Crippen LogP contribution in [0.25, 0.3) is 16.9 Å². The van der Waals surface area contributed by atoms with Crippen LogP contribution in [0.15, 0.2) is 65.7 Å². The second-order valence-corrected chi connectivity index (χ2v) is 6.84. The number of rotatable bonds is 6. The largest absolute Gasteiger partial charge is 0.497 e. The van der Waals surface area contributed by atoms with E-state index in [-0.39, 0.29) is 5.56 Å². The lowest BCUT2D eigenvalue weighted by molar-refractivity contribution is 0.102. The Hall–Kier alpha value is -4.07. The number of nitrogens with one attached hydrogen (secondary N) is 1. The van der Waals surface area contributed by atoms with Crippen molar-refractivity contribution in [2.24, 2.45) is 0 Å². The molecule has 158 valence electrons. The van der Waals surface area contributed by atoms with E-state index in [1.54, 1.807) is 54.4 Å². The van der Waals surface area contributed by atoms with Crippen molar-refractivity contribution in [1.82, 2.24) is 14.3 Å². The molecule has 2 aliphatic heterocycles. The third-order valence-corrected chi connectivity index (χ3v) is 4.99. The van der Waals surface area contributed by atoms with Gasteiger partial charge >= 0.3 is 0 Å². The van der Waals surface area contributed by atoms with Crippen molar-refractivity contribution in [2.45, 2.75) is 13.5 Å². The first-order valence-electron chi connectivity index (χ1n) is 9.77. The Morgan fingerprint density at radius 2 is 1.84 bits per heavy atom. The highest BCUT2D eigenvalue weighted by molar-refractivity contribution is 6.08. The number of aromatic nitrogens is 3. The van der Waals surface area contributed by atoms with Gasteiger partial charge in [0.25, 0.3) is 11.5 Å². The summed E-state index contributed by atoms with van der Waals surface area (Å²) in [5.74, 6) is 0.676. The lowest BCUT2D eigenvalue weighted by Gasteiger charge is -2.14. The molecule has 0 radical (unpaired) electrons. The molecule has 8 heteroatoms. The van der Waals surface area contributed by atoms with Crippen molar-refractivity contribution in [3.05, 3.63) is 76.8 Å². The number of methoxy groups -OCH3 is 2. The van der Waals surface area contributed by atoms with Gasteiger partial charge in [-0.2, -0.15) is 9.78 Å². The molecule has 0 aliphatic carbocycles. The normalized spacial score (nSPS) is 10.8. The van der Waals surface area contributed by atoms with Gasteiger partial charge in [0.05, 0.1) is 36.7 Å². The molecule has 0 aromatic heterocycles. The smallest absolute Gasteiger partial charge is 0.282 e. The van der Waals surface area contributed by atoms with Gasteiger partial charge in [-0.05, 0) is 31.2 Å². The molecule has 2 aliphatic rings. The second-order valence-electron chi connectivity index (χ2n) is 6.84. The van der Waals surface area contributed by atoms with E-state index in [4.69, 9.17) is 9.47 Å². The van der Waals surface area contributed by atoms with E-state index in [1.165, 1.54) is 11.8 Å². The summed E-state index contributed by atoms with van der Waals surface area (Å²) < 4.78 is 13.7. The summed E-state index contributed by atoms with van der Waals surface area (Å²) in [4.78, 5) is 26.2. The van der Waals surface area contributed by atoms with Gasteiger partial charge < -0.3 is 19.4 Å². The number of pyridine rings is 1. The van der Waals surface area contributed by atoms with Gasteiger partial charge in [0.1, 0.15) is 17.2 Å². The first-order valence-corrected chi connectivity index (χ1v) is 9.77. The van der Waals surface area contributed by atoms with Crippen LogP contribution >= 0.6 is 0 Å². The van der Waals surface area contributed by atoms with Crippen LogP contribution in [0, 0.1) is 0 Å². The SMILES string of the molecule is CCn1cc(C(=O)Nc2ccc(OC)cc2OC)c2nn(-c3ccccc3)c(=O)c-2c1. The number of hydrogen-bond donors (Lipinski definition) is 1. The summed E-state index contributed by atoms with van der Waals surface area (Å²) in [5.41, 5.74) is 1.85. The number of anilines is 1. The number of fused-ring (bicyclic) bond motifs is 1. The average molecular weight is 418 g/mol. The molecular weight excluding hydrogens is 396 g/mol. The van der Waals surface area contributed by atoms with Gasteiger partial charge in [0.15, 0.2) is 0 Å². The minimum Gasteiger partial charge on any atom is -0.497 e. The zero-order valence-corrected chi connectivity index (χ0v) is 17.5. The van der Waals surface area contributed by atoms with Gasteiger partial charge in [-0.1, -0.05) is 18.2 Å². The third kappa shape index (κ3) is 3.75. The average Bonchev–Trinajstić information content (AvgIpc) is 3.15. The maximum absolute atomic E-state index is 13.2. The van der Waals surface area contributed by atoms with Crippen LogP contribution in [0.3, 0.4) is 0 Å². The third-order valence-electron chi connectivity index (χ3n) is 4.99. The number of aryl methyl sites for hydroxylation is 1. The Labute approximate surface area is 179 Å². The van der Waals surface area contributed by atoms with Gasteiger partial charge in [-0.3, -0.25) is 9.59 Å². The highest BCUT2D eigenvalue weighted by atomic mass is 16.5. The number of nitrogens with zero attached hydrogens (tertiary/aromatic N) is 3. The van der Waals surface area contributed by atoms with Crippen molar-refractivity contribution < 1.29 is 14.3 Å². The van der Waals surface area contributed by atoms with Gasteiger partial charge in [0.2, 0.25) is 0 Å². The molecule has 31 heavy (non-hydrogen) atoms. The van der Waals surface area contributed by atoms with Crippen LogP contribution in [0.1, 0.15) is 17.3 Å². The van der Waals surface area contributed by atoms with Crippen LogP contribution in [-0.4, -0.2) is 34.5 Å². The molecule has 0 unspecified atom stereocenters. The highest BCUT2D eigenvalue weighted by Gasteiger charge is 2.25. The summed E-state index contributed by atoms with van der Waals surface area (Å²) in [6.07, 6.45) is 3.41. The monoisotopic (exact) mass is 418 g/mol. The fraction of sp³-hybridized carbons (Fsp3) is 0.174. The Kier molecular flexibility index (Phi) is 5.44. The molecule has 0 saturated carbocycles. The lowest BCUT2D eigenvalue weighted by atomic mass is 10.1. The van der Waals surface area contributed by atoms with E-state index in [1.807, 2.05) is 25.1 Å². The molecule has 2 heterocycles. The molecule has 0 spiro atoms. The van der Waals surface area contributed by atoms with Crippen molar-refractivity contribution >= 4 is 11.6 Å². The zero-order valence-electron chi connectivity index (χ0n) is 17.5. The quantitative estimate of drug-likeness (QED) is 0.518. The maximum Gasteiger partial charge on any atom is 0.282 e. The van der Waals surface area contributed by atoms with Gasteiger partial charge in [-0.15, -0.1) is 0 Å². The standard InChI is InChI=1S/C23H22N4O4/c1-4-26-13-17(22(28)24-19-11-10-16(30-2)12-20(19)31-3)21-18(14-26)23(29)27(25-21)15-8-6-5-7-9-15/h5-14H,4H2,1-3H3,(H,24,28). The fourth-order valence-corrected chi connectivity index (χ4v) is 3.34. The molecule has 1 N–H and O–H groups in total. The van der Waals surface area contributed by atoms with Gasteiger partial charge in [-0.25, -0.2) is 0 Å². The highest BCUT2D eigenvalue weighted by Crippen LogP contribution is 2.30. The summed E-state index contributed by atoms with van der Waals surface area (Å²) in [6.45, 7) is 2.53. The van der Waals surface area contributed by atoms with Crippen LogP contribution in [0.5, 0.6) is 11.5 Å². The number of carbonyl (C=O) groups is 1. The molecule has 0 fully saturated rings. The molecule has 8 nitrogen and oxygen atoms in total. The minimum atomic E-state index is -0.394. The summed E-state index contributed by atoms with van der Waals surface area (Å²) in [7, 11) is 3.07. The summed E-state index contributed by atoms with van der Waals surface area (Å²) in [6, 6.07) is 14.2. The number of ether oxygens (including phenoxy) is 2. The molecule has 2 aromatic carbocycles. The van der Waals surface area contributed by atoms with Crippen LogP contribution in [-0.2, 0) is 6.54 Å². The van der Waals surface area contributed by atoms with E-state index in [0.717, 1.165) is 0 Å². The van der Waals surface area contributed by atoms with Crippen molar-refractivity contribution in [1.29, 1.82) is 0 Å². The number of amides is 1. The van der Waals surface area contributed by atoms with Crippen LogP contribution in [0.4, 0.5) is 5.69 Å². The Bertz CT molecular complexity index is 1260.